The van der Waals surface area contributed by atoms with Gasteiger partial charge in [0.1, 0.15) is 0 Å². The van der Waals surface area contributed by atoms with E-state index in [9.17, 15) is 0 Å². The lowest BCUT2D eigenvalue weighted by Gasteiger charge is -2.32. The molecular weight excluding hydrogens is 306 g/mol. The van der Waals surface area contributed by atoms with Gasteiger partial charge in [-0.15, -0.1) is 0 Å². The minimum atomic E-state index is -0.00582. The van der Waals surface area contributed by atoms with E-state index in [4.69, 9.17) is 10.8 Å². The van der Waals surface area contributed by atoms with Gasteiger partial charge in [0.15, 0.2) is 0 Å². The molecule has 0 heterocycles. The van der Waals surface area contributed by atoms with Crippen LogP contribution in [0.1, 0.15) is 92.9 Å². The average molecular weight is 344 g/mol. The first kappa shape index (κ1) is 21.4. The molecule has 1 rings (SSSR count). The van der Waals surface area contributed by atoms with Crippen molar-refractivity contribution in [1.82, 2.24) is 0 Å². The summed E-state index contributed by atoms with van der Waals surface area (Å²) >= 11 is 0. The highest BCUT2D eigenvalue weighted by Gasteiger charge is 2.29. The molecule has 0 aliphatic carbocycles. The highest BCUT2D eigenvalue weighted by Crippen LogP contribution is 2.43. The Morgan fingerprint density at radius 3 is 1.40 bits per heavy atom. The number of nitrogens with zero attached hydrogens (tertiary/aromatic N) is 2. The fourth-order valence-corrected chi connectivity index (χ4v) is 2.67. The van der Waals surface area contributed by atoms with Gasteiger partial charge in [0.2, 0.25) is 0 Å². The summed E-state index contributed by atoms with van der Waals surface area (Å²) in [6, 6.07) is 4.66. The summed E-state index contributed by atoms with van der Waals surface area (Å²) in [4.78, 5) is 4.99. The first-order chi connectivity index (χ1) is 11.1. The van der Waals surface area contributed by atoms with Crippen molar-refractivity contribution >= 4 is 17.1 Å². The number of benzene rings is 1. The van der Waals surface area contributed by atoms with Crippen LogP contribution in [0.2, 0.25) is 0 Å². The van der Waals surface area contributed by atoms with Crippen molar-refractivity contribution in [2.45, 2.75) is 92.4 Å². The maximum atomic E-state index is 5.46. The van der Waals surface area contributed by atoms with Gasteiger partial charge >= 0.3 is 0 Å². The standard InChI is InChI=1S/C22H37N3/c1-14(15(2)25-23)24-19-17(21(6,7)8)12-16(20(3,4)5)13-18(19)22(9,10)11/h12-13H,23H2,1-11H3/b24-14?,25-15+. The van der Waals surface area contributed by atoms with Gasteiger partial charge < -0.3 is 5.84 Å². The van der Waals surface area contributed by atoms with Gasteiger partial charge in [-0.05, 0) is 46.8 Å². The lowest BCUT2D eigenvalue weighted by atomic mass is 9.74. The molecule has 3 heteroatoms. The van der Waals surface area contributed by atoms with Gasteiger partial charge in [-0.1, -0.05) is 74.4 Å². The SMILES string of the molecule is CC(=Nc1c(C(C)(C)C)cc(C(C)(C)C)cc1C(C)(C)C)/C(C)=N/N. The van der Waals surface area contributed by atoms with Crippen LogP contribution >= 0.6 is 0 Å². The molecule has 0 radical (unpaired) electrons. The summed E-state index contributed by atoms with van der Waals surface area (Å²) in [5, 5.41) is 3.81. The molecular formula is C22H37N3. The Morgan fingerprint density at radius 2 is 1.12 bits per heavy atom. The lowest BCUT2D eigenvalue weighted by molar-refractivity contribution is 0.550. The minimum Gasteiger partial charge on any atom is -0.323 e. The highest BCUT2D eigenvalue weighted by atomic mass is 15.1. The third-order valence-corrected chi connectivity index (χ3v) is 4.59. The van der Waals surface area contributed by atoms with Crippen LogP contribution in [0, 0.1) is 0 Å². The Bertz CT molecular complexity index is 652. The molecule has 1 aromatic carbocycles. The molecule has 0 aliphatic heterocycles. The molecule has 2 N–H and O–H groups in total. The second-order valence-corrected chi connectivity index (χ2v) is 10.1. The number of hydrogen-bond acceptors (Lipinski definition) is 3. The zero-order valence-electron chi connectivity index (χ0n) is 18.1. The lowest BCUT2D eigenvalue weighted by Crippen LogP contribution is -2.22. The predicted molar refractivity (Wildman–Crippen MR) is 113 cm³/mol. The van der Waals surface area contributed by atoms with Crippen LogP contribution in [-0.4, -0.2) is 11.4 Å². The van der Waals surface area contributed by atoms with E-state index in [0.29, 0.717) is 0 Å². The van der Waals surface area contributed by atoms with Gasteiger partial charge in [-0.2, -0.15) is 5.10 Å². The van der Waals surface area contributed by atoms with Crippen molar-refractivity contribution in [2.75, 3.05) is 0 Å². The van der Waals surface area contributed by atoms with Crippen molar-refractivity contribution in [2.24, 2.45) is 15.9 Å². The van der Waals surface area contributed by atoms with E-state index >= 15 is 0 Å². The minimum absolute atomic E-state index is 0.00582. The zero-order chi connectivity index (χ0) is 19.8. The van der Waals surface area contributed by atoms with E-state index in [1.54, 1.807) is 0 Å². The summed E-state index contributed by atoms with van der Waals surface area (Å²) < 4.78 is 0. The van der Waals surface area contributed by atoms with Crippen molar-refractivity contribution in [3.63, 3.8) is 0 Å². The second kappa shape index (κ2) is 6.93. The first-order valence-electron chi connectivity index (χ1n) is 9.08. The fraction of sp³-hybridized carbons (Fsp3) is 0.636. The van der Waals surface area contributed by atoms with Crippen LogP contribution in [0.25, 0.3) is 0 Å². The number of hydrogen-bond donors (Lipinski definition) is 1. The maximum absolute atomic E-state index is 5.46. The van der Waals surface area contributed by atoms with E-state index in [-0.39, 0.29) is 16.2 Å². The Hall–Kier alpha value is -1.64. The van der Waals surface area contributed by atoms with Crippen LogP contribution in [0.4, 0.5) is 5.69 Å². The molecule has 0 atom stereocenters. The van der Waals surface area contributed by atoms with Gasteiger partial charge in [0.25, 0.3) is 0 Å². The Morgan fingerprint density at radius 1 is 0.720 bits per heavy atom. The molecule has 3 nitrogen and oxygen atoms in total. The summed E-state index contributed by atoms with van der Waals surface area (Å²) in [6.07, 6.45) is 0. The van der Waals surface area contributed by atoms with E-state index in [2.05, 4.69) is 79.5 Å². The Labute approximate surface area is 154 Å². The largest absolute Gasteiger partial charge is 0.323 e. The summed E-state index contributed by atoms with van der Waals surface area (Å²) in [6.45, 7) is 24.2. The van der Waals surface area contributed by atoms with Crippen molar-refractivity contribution < 1.29 is 0 Å². The quantitative estimate of drug-likeness (QED) is 0.399. The molecule has 0 fully saturated rings. The molecule has 0 saturated heterocycles. The van der Waals surface area contributed by atoms with Crippen molar-refractivity contribution in [3.05, 3.63) is 28.8 Å². The van der Waals surface area contributed by atoms with Crippen molar-refractivity contribution in [3.8, 4) is 0 Å². The van der Waals surface area contributed by atoms with Crippen molar-refractivity contribution in [1.29, 1.82) is 0 Å². The van der Waals surface area contributed by atoms with Crippen LogP contribution in [0.15, 0.2) is 22.2 Å². The number of nitrogens with two attached hydrogens (primary N) is 1. The van der Waals surface area contributed by atoms with E-state index in [0.717, 1.165) is 17.1 Å². The molecule has 0 saturated carbocycles. The Kier molecular flexibility index (Phi) is 5.94. The van der Waals surface area contributed by atoms with Crippen LogP contribution < -0.4 is 5.84 Å². The van der Waals surface area contributed by atoms with Crippen LogP contribution in [0.5, 0.6) is 0 Å². The maximum Gasteiger partial charge on any atom is 0.0781 e. The van der Waals surface area contributed by atoms with Gasteiger partial charge in [-0.3, -0.25) is 4.99 Å². The third-order valence-electron chi connectivity index (χ3n) is 4.59. The second-order valence-electron chi connectivity index (χ2n) is 10.1. The smallest absolute Gasteiger partial charge is 0.0781 e. The van der Waals surface area contributed by atoms with E-state index in [1.165, 1.54) is 16.7 Å². The molecule has 0 aromatic heterocycles. The van der Waals surface area contributed by atoms with Crippen LogP contribution in [-0.2, 0) is 16.2 Å². The zero-order valence-corrected chi connectivity index (χ0v) is 18.1. The molecule has 0 amide bonds. The summed E-state index contributed by atoms with van der Waals surface area (Å²) in [7, 11) is 0. The molecule has 1 aromatic rings. The molecule has 140 valence electrons. The monoisotopic (exact) mass is 343 g/mol. The fourth-order valence-electron chi connectivity index (χ4n) is 2.67. The highest BCUT2D eigenvalue weighted by molar-refractivity contribution is 6.41. The summed E-state index contributed by atoms with van der Waals surface area (Å²) in [5.41, 5.74) is 6.66. The summed E-state index contributed by atoms with van der Waals surface area (Å²) in [5.74, 6) is 5.46. The molecule has 0 bridgehead atoms. The molecule has 0 spiro atoms. The third kappa shape index (κ3) is 5.17. The van der Waals surface area contributed by atoms with Gasteiger partial charge in [0, 0.05) is 0 Å². The van der Waals surface area contributed by atoms with Gasteiger partial charge in [0.05, 0.1) is 17.1 Å². The topological polar surface area (TPSA) is 50.7 Å². The number of hydrazone groups is 1. The normalized spacial score (nSPS) is 14.8. The predicted octanol–water partition coefficient (Wildman–Crippen LogP) is 6.01. The molecule has 25 heavy (non-hydrogen) atoms. The molecule has 0 aliphatic rings. The van der Waals surface area contributed by atoms with Crippen LogP contribution in [0.3, 0.4) is 0 Å². The number of rotatable bonds is 2. The Balaban J connectivity index is 3.96. The number of aliphatic imine (C=N–C) groups is 1. The molecule has 0 unspecified atom stereocenters. The van der Waals surface area contributed by atoms with E-state index in [1.807, 2.05) is 13.8 Å². The van der Waals surface area contributed by atoms with Gasteiger partial charge in [-0.25, -0.2) is 0 Å². The first-order valence-corrected chi connectivity index (χ1v) is 9.08. The average Bonchev–Trinajstić information content (AvgIpc) is 2.42. The van der Waals surface area contributed by atoms with E-state index < -0.39 is 0 Å².